The lowest BCUT2D eigenvalue weighted by molar-refractivity contribution is -0.130. The largest absolute Gasteiger partial charge is 0.487 e. The van der Waals surface area contributed by atoms with Crippen molar-refractivity contribution in [2.45, 2.75) is 44.9 Å². The van der Waals surface area contributed by atoms with Crippen molar-refractivity contribution in [1.29, 1.82) is 0 Å². The molecule has 0 fully saturated rings. The first-order chi connectivity index (χ1) is 13.9. The Morgan fingerprint density at radius 1 is 1.33 bits per heavy atom. The Bertz CT molecular complexity index is 927. The number of para-hydroxylation sites is 1. The Kier molecular flexibility index (Phi) is 7.28. The number of carbonyl (C=O) groups excluding carboxylic acids is 1. The van der Waals surface area contributed by atoms with Crippen LogP contribution in [0.25, 0.3) is 0 Å². The van der Waals surface area contributed by atoms with E-state index < -0.39 is 0 Å². The van der Waals surface area contributed by atoms with E-state index in [1.165, 1.54) is 10.4 Å². The number of thiophene rings is 1. The highest BCUT2D eigenvalue weighted by Gasteiger charge is 2.34. The molecule has 1 unspecified atom stereocenters. The van der Waals surface area contributed by atoms with Crippen molar-refractivity contribution < 1.29 is 9.53 Å². The number of amides is 1. The average Bonchev–Trinajstić information content (AvgIpc) is 3.17. The lowest BCUT2D eigenvalue weighted by Crippen LogP contribution is -2.48. The maximum Gasteiger partial charge on any atom is 0.242 e. The van der Waals surface area contributed by atoms with Crippen LogP contribution in [-0.4, -0.2) is 42.5 Å². The molecular weight excluding hydrogens is 511 g/mol. The zero-order valence-electron chi connectivity index (χ0n) is 17.6. The highest BCUT2D eigenvalue weighted by molar-refractivity contribution is 14.0. The summed E-state index contributed by atoms with van der Waals surface area (Å²) in [5.41, 5.74) is 2.12. The van der Waals surface area contributed by atoms with Crippen LogP contribution in [0.2, 0.25) is 0 Å². The van der Waals surface area contributed by atoms with Gasteiger partial charge in [0.25, 0.3) is 0 Å². The molecule has 1 aromatic heterocycles. The number of hydrogen-bond acceptors (Lipinski definition) is 4. The van der Waals surface area contributed by atoms with Crippen molar-refractivity contribution in [1.82, 2.24) is 15.5 Å². The van der Waals surface area contributed by atoms with Crippen molar-refractivity contribution in [3.05, 3.63) is 51.7 Å². The Balaban J connectivity index is 0.00000256. The molecule has 162 valence electrons. The van der Waals surface area contributed by atoms with Crippen LogP contribution in [-0.2, 0) is 17.8 Å². The average molecular weight is 540 g/mol. The van der Waals surface area contributed by atoms with Gasteiger partial charge in [-0.15, -0.1) is 35.3 Å². The second-order valence-electron chi connectivity index (χ2n) is 8.16. The molecule has 1 aromatic carbocycles. The standard InChI is InChI=1S/C22H28N4O2S.HI/c1-22(2)12-17(16-6-4-5-7-18(16)28-22)25-21(23-3)24-13-20(27)26-10-8-19-15(14-26)9-11-29-19;/h4-7,9,11,17H,8,10,12-14H2,1-3H3,(H2,23,24,25);1H. The molecule has 1 atom stereocenters. The van der Waals surface area contributed by atoms with Crippen LogP contribution in [0.5, 0.6) is 5.75 Å². The predicted octanol–water partition coefficient (Wildman–Crippen LogP) is 3.72. The molecule has 0 aliphatic carbocycles. The third-order valence-corrected chi connectivity index (χ3v) is 6.50. The summed E-state index contributed by atoms with van der Waals surface area (Å²) in [6.45, 7) is 5.89. The molecule has 2 aromatic rings. The number of ether oxygens (including phenoxy) is 1. The maximum absolute atomic E-state index is 12.7. The van der Waals surface area contributed by atoms with Crippen LogP contribution >= 0.6 is 35.3 Å². The van der Waals surface area contributed by atoms with Gasteiger partial charge in [0.15, 0.2) is 5.96 Å². The number of aliphatic imine (C=N–C) groups is 1. The van der Waals surface area contributed by atoms with E-state index in [4.69, 9.17) is 4.74 Å². The van der Waals surface area contributed by atoms with Crippen molar-refractivity contribution in [3.63, 3.8) is 0 Å². The third kappa shape index (κ3) is 5.08. The molecule has 0 radical (unpaired) electrons. The normalized spacial score (nSPS) is 19.6. The zero-order valence-corrected chi connectivity index (χ0v) is 20.8. The highest BCUT2D eigenvalue weighted by Crippen LogP contribution is 2.39. The van der Waals surface area contributed by atoms with Gasteiger partial charge in [0.2, 0.25) is 5.91 Å². The van der Waals surface area contributed by atoms with Gasteiger partial charge < -0.3 is 20.3 Å². The molecule has 0 spiro atoms. The quantitative estimate of drug-likeness (QED) is 0.354. The van der Waals surface area contributed by atoms with Gasteiger partial charge in [0.05, 0.1) is 12.6 Å². The number of rotatable bonds is 3. The summed E-state index contributed by atoms with van der Waals surface area (Å²) in [6, 6.07) is 10.3. The van der Waals surface area contributed by atoms with Gasteiger partial charge in [-0.3, -0.25) is 9.79 Å². The van der Waals surface area contributed by atoms with Crippen LogP contribution in [0, 0.1) is 0 Å². The van der Waals surface area contributed by atoms with Crippen molar-refractivity contribution in [3.8, 4) is 5.75 Å². The first kappa shape index (κ1) is 22.9. The minimum atomic E-state index is -0.271. The smallest absolute Gasteiger partial charge is 0.242 e. The fraction of sp³-hybridized carbons (Fsp3) is 0.455. The second kappa shape index (κ2) is 9.55. The Labute approximate surface area is 199 Å². The van der Waals surface area contributed by atoms with Gasteiger partial charge in [0, 0.05) is 37.0 Å². The van der Waals surface area contributed by atoms with Crippen molar-refractivity contribution >= 4 is 47.2 Å². The highest BCUT2D eigenvalue weighted by atomic mass is 127. The van der Waals surface area contributed by atoms with E-state index in [0.717, 1.165) is 30.7 Å². The maximum atomic E-state index is 12.7. The molecule has 30 heavy (non-hydrogen) atoms. The molecule has 0 saturated heterocycles. The minimum absolute atomic E-state index is 0. The van der Waals surface area contributed by atoms with Crippen molar-refractivity contribution in [2.24, 2.45) is 4.99 Å². The molecule has 2 aliphatic rings. The number of nitrogens with one attached hydrogen (secondary N) is 2. The first-order valence-corrected chi connectivity index (χ1v) is 10.9. The number of carbonyl (C=O) groups is 1. The summed E-state index contributed by atoms with van der Waals surface area (Å²) in [5, 5.41) is 8.78. The van der Waals surface area contributed by atoms with Crippen LogP contribution in [0.1, 0.15) is 42.3 Å². The molecule has 0 bridgehead atoms. The van der Waals surface area contributed by atoms with E-state index in [9.17, 15) is 4.79 Å². The summed E-state index contributed by atoms with van der Waals surface area (Å²) >= 11 is 1.78. The van der Waals surface area contributed by atoms with E-state index >= 15 is 0 Å². The van der Waals surface area contributed by atoms with Crippen LogP contribution < -0.4 is 15.4 Å². The number of fused-ring (bicyclic) bond motifs is 2. The lowest BCUT2D eigenvalue weighted by Gasteiger charge is -2.38. The number of nitrogens with zero attached hydrogens (tertiary/aromatic N) is 2. The van der Waals surface area contributed by atoms with E-state index in [0.29, 0.717) is 12.5 Å². The summed E-state index contributed by atoms with van der Waals surface area (Å²) in [4.78, 5) is 20.4. The van der Waals surface area contributed by atoms with Crippen LogP contribution in [0.15, 0.2) is 40.7 Å². The molecule has 1 amide bonds. The Hall–Kier alpha value is -1.81. The minimum Gasteiger partial charge on any atom is -0.487 e. The summed E-state index contributed by atoms with van der Waals surface area (Å²) in [7, 11) is 1.73. The molecule has 3 heterocycles. The second-order valence-corrected chi connectivity index (χ2v) is 9.16. The van der Waals surface area contributed by atoms with Gasteiger partial charge in [0.1, 0.15) is 11.4 Å². The lowest BCUT2D eigenvalue weighted by atomic mass is 9.90. The molecule has 4 rings (SSSR count). The first-order valence-electron chi connectivity index (χ1n) is 10.0. The fourth-order valence-electron chi connectivity index (χ4n) is 4.02. The molecular formula is C22H29IN4O2S. The number of guanidine groups is 1. The van der Waals surface area contributed by atoms with E-state index in [-0.39, 0.29) is 48.1 Å². The predicted molar refractivity (Wildman–Crippen MR) is 132 cm³/mol. The SMILES string of the molecule is CN=C(NCC(=O)N1CCc2sccc2C1)NC1CC(C)(C)Oc2ccccc21.I. The summed E-state index contributed by atoms with van der Waals surface area (Å²) < 4.78 is 6.10. The van der Waals surface area contributed by atoms with E-state index in [1.54, 1.807) is 18.4 Å². The van der Waals surface area contributed by atoms with E-state index in [2.05, 4.69) is 47.0 Å². The Morgan fingerprint density at radius 3 is 2.93 bits per heavy atom. The Morgan fingerprint density at radius 2 is 2.13 bits per heavy atom. The molecule has 0 saturated carbocycles. The van der Waals surface area contributed by atoms with Crippen molar-refractivity contribution in [2.75, 3.05) is 20.1 Å². The monoisotopic (exact) mass is 540 g/mol. The third-order valence-electron chi connectivity index (χ3n) is 5.48. The zero-order chi connectivity index (χ0) is 20.4. The topological polar surface area (TPSA) is 66.0 Å². The van der Waals surface area contributed by atoms with Gasteiger partial charge >= 0.3 is 0 Å². The van der Waals surface area contributed by atoms with E-state index in [1.807, 2.05) is 23.1 Å². The van der Waals surface area contributed by atoms with Gasteiger partial charge in [-0.2, -0.15) is 0 Å². The number of halogens is 1. The van der Waals surface area contributed by atoms with Crippen LogP contribution in [0.4, 0.5) is 0 Å². The molecule has 2 N–H and O–H groups in total. The van der Waals surface area contributed by atoms with Crippen LogP contribution in [0.3, 0.4) is 0 Å². The molecule has 6 nitrogen and oxygen atoms in total. The molecule has 2 aliphatic heterocycles. The van der Waals surface area contributed by atoms with Gasteiger partial charge in [-0.25, -0.2) is 0 Å². The number of hydrogen-bond donors (Lipinski definition) is 2. The molecule has 8 heteroatoms. The van der Waals surface area contributed by atoms with Gasteiger partial charge in [-0.1, -0.05) is 18.2 Å². The number of benzene rings is 1. The summed E-state index contributed by atoms with van der Waals surface area (Å²) in [6.07, 6.45) is 1.76. The van der Waals surface area contributed by atoms with Gasteiger partial charge in [-0.05, 0) is 43.3 Å². The fourth-order valence-corrected chi connectivity index (χ4v) is 4.91. The summed E-state index contributed by atoms with van der Waals surface area (Å²) in [5.74, 6) is 1.62.